The molecule has 0 aliphatic rings. The number of hydrogen-bond acceptors (Lipinski definition) is 2. The molecule has 0 spiro atoms. The molecule has 3 nitrogen and oxygen atoms in total. The number of benzene rings is 1. The molecule has 1 aromatic rings. The predicted octanol–water partition coefficient (Wildman–Crippen LogP) is 3.02. The van der Waals surface area contributed by atoms with E-state index in [1.165, 1.54) is 11.6 Å². The van der Waals surface area contributed by atoms with Gasteiger partial charge in [0.05, 0.1) is 0 Å². The van der Waals surface area contributed by atoms with Crippen LogP contribution < -0.4 is 0 Å². The van der Waals surface area contributed by atoms with Crippen LogP contribution in [0.3, 0.4) is 0 Å². The molecule has 0 atom stereocenters. The number of carboxylic acids is 1. The largest absolute Gasteiger partial charge is 0.478 e. The third-order valence-corrected chi connectivity index (χ3v) is 2.76. The first-order valence-corrected chi connectivity index (χ1v) is 6.38. The number of carbonyl (C=O) groups is 1. The molecule has 0 saturated heterocycles. The molecule has 98 valence electrons. The van der Waals surface area contributed by atoms with Crippen molar-refractivity contribution >= 4 is 12.0 Å². The van der Waals surface area contributed by atoms with Crippen molar-refractivity contribution in [1.82, 2.24) is 4.90 Å². The Morgan fingerprint density at radius 1 is 1.39 bits per heavy atom. The Labute approximate surface area is 109 Å². The zero-order valence-corrected chi connectivity index (χ0v) is 11.1. The minimum absolute atomic E-state index is 0.915. The van der Waals surface area contributed by atoms with E-state index in [1.54, 1.807) is 6.08 Å². The summed E-state index contributed by atoms with van der Waals surface area (Å²) in [6.07, 6.45) is 3.94. The Bertz CT molecular complexity index is 413. The zero-order chi connectivity index (χ0) is 13.4. The van der Waals surface area contributed by atoms with Gasteiger partial charge in [0, 0.05) is 12.6 Å². The molecule has 0 amide bonds. The third kappa shape index (κ3) is 5.15. The van der Waals surface area contributed by atoms with Gasteiger partial charge in [-0.3, -0.25) is 4.90 Å². The highest BCUT2D eigenvalue weighted by Crippen LogP contribution is 2.10. The molecule has 0 bridgehead atoms. The molecular formula is C15H21NO2. The van der Waals surface area contributed by atoms with Gasteiger partial charge in [-0.2, -0.15) is 0 Å². The zero-order valence-electron chi connectivity index (χ0n) is 11.1. The molecule has 0 heterocycles. The van der Waals surface area contributed by atoms with Crippen molar-refractivity contribution in [2.24, 2.45) is 0 Å². The van der Waals surface area contributed by atoms with Crippen LogP contribution in [0.2, 0.25) is 0 Å². The van der Waals surface area contributed by atoms with Crippen molar-refractivity contribution in [3.8, 4) is 0 Å². The molecule has 0 aliphatic carbocycles. The molecular weight excluding hydrogens is 226 g/mol. The summed E-state index contributed by atoms with van der Waals surface area (Å²) in [6.45, 7) is 7.37. The summed E-state index contributed by atoms with van der Waals surface area (Å²) in [5.41, 5.74) is 2.15. The van der Waals surface area contributed by atoms with Crippen molar-refractivity contribution in [3.63, 3.8) is 0 Å². The highest BCUT2D eigenvalue weighted by atomic mass is 16.4. The molecule has 0 unspecified atom stereocenters. The summed E-state index contributed by atoms with van der Waals surface area (Å²) in [7, 11) is 0. The van der Waals surface area contributed by atoms with E-state index in [1.807, 2.05) is 18.2 Å². The number of hydrogen-bond donors (Lipinski definition) is 1. The molecule has 18 heavy (non-hydrogen) atoms. The van der Waals surface area contributed by atoms with Crippen molar-refractivity contribution < 1.29 is 9.90 Å². The average molecular weight is 247 g/mol. The smallest absolute Gasteiger partial charge is 0.328 e. The van der Waals surface area contributed by atoms with Crippen LogP contribution in [0.5, 0.6) is 0 Å². The van der Waals surface area contributed by atoms with Crippen LogP contribution in [0.25, 0.3) is 6.08 Å². The summed E-state index contributed by atoms with van der Waals surface area (Å²) < 4.78 is 0. The summed E-state index contributed by atoms with van der Waals surface area (Å²) in [4.78, 5) is 12.8. The van der Waals surface area contributed by atoms with Crippen LogP contribution in [0, 0.1) is 0 Å². The van der Waals surface area contributed by atoms with Crippen molar-refractivity contribution in [1.29, 1.82) is 0 Å². The molecule has 0 saturated carbocycles. The molecule has 1 N–H and O–H groups in total. The quantitative estimate of drug-likeness (QED) is 0.753. The SMILES string of the molecule is CCCN(CC)Cc1cccc(/C=C/C(=O)O)c1. The molecule has 1 rings (SSSR count). The first-order chi connectivity index (χ1) is 8.65. The summed E-state index contributed by atoms with van der Waals surface area (Å²) in [5, 5.41) is 8.60. The van der Waals surface area contributed by atoms with Gasteiger partial charge in [-0.05, 0) is 36.7 Å². The summed E-state index contributed by atoms with van der Waals surface area (Å²) in [6, 6.07) is 8.00. The van der Waals surface area contributed by atoms with Crippen molar-refractivity contribution in [3.05, 3.63) is 41.5 Å². The average Bonchev–Trinajstić information content (AvgIpc) is 2.36. The first kappa shape index (κ1) is 14.5. The van der Waals surface area contributed by atoms with Crippen molar-refractivity contribution in [2.75, 3.05) is 13.1 Å². The Morgan fingerprint density at radius 2 is 2.17 bits per heavy atom. The standard InChI is InChI=1S/C15H21NO2/c1-3-10-16(4-2)12-14-7-5-6-13(11-14)8-9-15(17)18/h5-9,11H,3-4,10,12H2,1-2H3,(H,17,18)/b9-8+. The van der Waals surface area contributed by atoms with Gasteiger partial charge in [0.2, 0.25) is 0 Å². The summed E-state index contributed by atoms with van der Waals surface area (Å²) >= 11 is 0. The van der Waals surface area contributed by atoms with Crippen LogP contribution in [0.1, 0.15) is 31.4 Å². The van der Waals surface area contributed by atoms with Gasteiger partial charge in [0.1, 0.15) is 0 Å². The van der Waals surface area contributed by atoms with Crippen molar-refractivity contribution in [2.45, 2.75) is 26.8 Å². The Morgan fingerprint density at radius 3 is 2.78 bits per heavy atom. The Balaban J connectivity index is 2.72. The van der Waals surface area contributed by atoms with Crippen LogP contribution in [0.15, 0.2) is 30.3 Å². The second-order valence-electron chi connectivity index (χ2n) is 4.29. The molecule has 3 heteroatoms. The van der Waals surface area contributed by atoms with E-state index in [4.69, 9.17) is 5.11 Å². The van der Waals surface area contributed by atoms with E-state index >= 15 is 0 Å². The lowest BCUT2D eigenvalue weighted by molar-refractivity contribution is -0.131. The third-order valence-electron chi connectivity index (χ3n) is 2.76. The lowest BCUT2D eigenvalue weighted by Gasteiger charge is -2.19. The summed E-state index contributed by atoms with van der Waals surface area (Å²) in [5.74, 6) is -0.915. The predicted molar refractivity (Wildman–Crippen MR) is 74.4 cm³/mol. The van der Waals surface area contributed by atoms with Crippen LogP contribution in [-0.2, 0) is 11.3 Å². The fraction of sp³-hybridized carbons (Fsp3) is 0.400. The monoisotopic (exact) mass is 247 g/mol. The maximum absolute atomic E-state index is 10.5. The Kier molecular flexibility index (Phi) is 6.15. The van der Waals surface area contributed by atoms with E-state index < -0.39 is 5.97 Å². The van der Waals surface area contributed by atoms with Gasteiger partial charge < -0.3 is 5.11 Å². The lowest BCUT2D eigenvalue weighted by Crippen LogP contribution is -2.23. The van der Waals surface area contributed by atoms with Gasteiger partial charge >= 0.3 is 5.97 Å². The first-order valence-electron chi connectivity index (χ1n) is 6.38. The van der Waals surface area contributed by atoms with E-state index in [9.17, 15) is 4.79 Å². The number of rotatable bonds is 7. The second kappa shape index (κ2) is 7.67. The number of nitrogens with zero attached hydrogens (tertiary/aromatic N) is 1. The van der Waals surface area contributed by atoms with E-state index in [0.717, 1.165) is 31.6 Å². The minimum atomic E-state index is -0.915. The number of carboxylic acid groups (broad SMARTS) is 1. The fourth-order valence-corrected chi connectivity index (χ4v) is 1.89. The highest BCUT2D eigenvalue weighted by molar-refractivity contribution is 5.85. The van der Waals surface area contributed by atoms with Crippen LogP contribution >= 0.6 is 0 Å². The fourth-order valence-electron chi connectivity index (χ4n) is 1.89. The number of aliphatic carboxylic acids is 1. The van der Waals surface area contributed by atoms with Gasteiger partial charge in [-0.25, -0.2) is 4.79 Å². The molecule has 1 aromatic carbocycles. The van der Waals surface area contributed by atoms with Crippen LogP contribution in [-0.4, -0.2) is 29.1 Å². The molecule has 0 aliphatic heterocycles. The van der Waals surface area contributed by atoms with Gasteiger partial charge in [0.15, 0.2) is 0 Å². The maximum Gasteiger partial charge on any atom is 0.328 e. The molecule has 0 fully saturated rings. The lowest BCUT2D eigenvalue weighted by atomic mass is 10.1. The minimum Gasteiger partial charge on any atom is -0.478 e. The van der Waals surface area contributed by atoms with Crippen LogP contribution in [0.4, 0.5) is 0 Å². The molecule has 0 aromatic heterocycles. The Hall–Kier alpha value is -1.61. The highest BCUT2D eigenvalue weighted by Gasteiger charge is 2.02. The second-order valence-corrected chi connectivity index (χ2v) is 4.29. The molecule has 0 radical (unpaired) electrons. The van der Waals surface area contributed by atoms with Gasteiger partial charge in [0.25, 0.3) is 0 Å². The topological polar surface area (TPSA) is 40.5 Å². The van der Waals surface area contributed by atoms with Gasteiger partial charge in [-0.1, -0.05) is 38.1 Å². The van der Waals surface area contributed by atoms with E-state index in [0.29, 0.717) is 0 Å². The maximum atomic E-state index is 10.5. The normalized spacial score (nSPS) is 11.3. The van der Waals surface area contributed by atoms with E-state index in [-0.39, 0.29) is 0 Å². The van der Waals surface area contributed by atoms with E-state index in [2.05, 4.69) is 24.8 Å². The van der Waals surface area contributed by atoms with Gasteiger partial charge in [-0.15, -0.1) is 0 Å².